The summed E-state index contributed by atoms with van der Waals surface area (Å²) < 4.78 is 7.13. The van der Waals surface area contributed by atoms with Crippen LogP contribution in [0.4, 0.5) is 5.69 Å². The Morgan fingerprint density at radius 1 is 1.24 bits per heavy atom. The van der Waals surface area contributed by atoms with E-state index in [1.54, 1.807) is 11.3 Å². The van der Waals surface area contributed by atoms with Gasteiger partial charge in [0.15, 0.2) is 0 Å². The van der Waals surface area contributed by atoms with Crippen LogP contribution in [0.3, 0.4) is 0 Å². The maximum absolute atomic E-state index is 6.10. The zero-order valence-corrected chi connectivity index (χ0v) is 10.5. The van der Waals surface area contributed by atoms with Crippen LogP contribution < -0.4 is 10.5 Å². The number of nitrogen functional groups attached to an aromatic ring is 1. The largest absolute Gasteiger partial charge is 0.488 e. The Labute approximate surface area is 105 Å². The number of aromatic nitrogens is 1. The smallest absolute Gasteiger partial charge is 0.144 e. The van der Waals surface area contributed by atoms with Gasteiger partial charge >= 0.3 is 0 Å². The van der Waals surface area contributed by atoms with E-state index >= 15 is 0 Å². The summed E-state index contributed by atoms with van der Waals surface area (Å²) in [6.07, 6.45) is 6.50. The van der Waals surface area contributed by atoms with Gasteiger partial charge in [0.25, 0.3) is 0 Å². The fourth-order valence-electron chi connectivity index (χ4n) is 2.40. The third-order valence-corrected chi connectivity index (χ3v) is 4.14. The number of thiazole rings is 1. The molecule has 0 spiro atoms. The first-order chi connectivity index (χ1) is 8.34. The Morgan fingerprint density at radius 3 is 2.88 bits per heavy atom. The summed E-state index contributed by atoms with van der Waals surface area (Å²) >= 11 is 1.61. The van der Waals surface area contributed by atoms with Crippen molar-refractivity contribution in [2.45, 2.75) is 38.2 Å². The normalized spacial score (nSPS) is 17.4. The molecule has 1 aromatic carbocycles. The number of benzene rings is 1. The summed E-state index contributed by atoms with van der Waals surface area (Å²) in [5.41, 5.74) is 9.49. The molecule has 1 fully saturated rings. The van der Waals surface area contributed by atoms with Crippen molar-refractivity contribution in [3.63, 3.8) is 0 Å². The molecule has 17 heavy (non-hydrogen) atoms. The van der Waals surface area contributed by atoms with Crippen molar-refractivity contribution in [2.24, 2.45) is 0 Å². The first-order valence-electron chi connectivity index (χ1n) is 6.13. The minimum absolute atomic E-state index is 0.335. The zero-order chi connectivity index (χ0) is 11.7. The van der Waals surface area contributed by atoms with Crippen LogP contribution in [-0.2, 0) is 0 Å². The van der Waals surface area contributed by atoms with E-state index in [1.165, 1.54) is 19.3 Å². The number of nitrogens with two attached hydrogens (primary N) is 1. The molecule has 2 aromatic rings. The van der Waals surface area contributed by atoms with E-state index < -0.39 is 0 Å². The second-order valence-corrected chi connectivity index (χ2v) is 5.44. The zero-order valence-electron chi connectivity index (χ0n) is 9.69. The Morgan fingerprint density at radius 2 is 2.06 bits per heavy atom. The minimum atomic E-state index is 0.335. The maximum atomic E-state index is 6.10. The number of nitrogens with zero attached hydrogens (tertiary/aromatic N) is 1. The van der Waals surface area contributed by atoms with Crippen molar-refractivity contribution in [1.29, 1.82) is 0 Å². The molecule has 2 N–H and O–H groups in total. The van der Waals surface area contributed by atoms with Crippen LogP contribution in [0.15, 0.2) is 17.6 Å². The van der Waals surface area contributed by atoms with Crippen LogP contribution in [0.5, 0.6) is 5.75 Å². The van der Waals surface area contributed by atoms with E-state index in [9.17, 15) is 0 Å². The van der Waals surface area contributed by atoms with Crippen LogP contribution in [0.25, 0.3) is 10.2 Å². The molecule has 1 saturated carbocycles. The third-order valence-electron chi connectivity index (χ3n) is 3.35. The highest BCUT2D eigenvalue weighted by Crippen LogP contribution is 2.33. The first kappa shape index (κ1) is 10.8. The lowest BCUT2D eigenvalue weighted by Gasteiger charge is -2.23. The number of rotatable bonds is 2. The highest BCUT2D eigenvalue weighted by atomic mass is 32.1. The minimum Gasteiger partial charge on any atom is -0.488 e. The summed E-state index contributed by atoms with van der Waals surface area (Å²) in [7, 11) is 0. The molecular formula is C13H16N2OS. The van der Waals surface area contributed by atoms with Crippen LogP contribution in [0.2, 0.25) is 0 Å². The van der Waals surface area contributed by atoms with Gasteiger partial charge in [-0.1, -0.05) is 6.42 Å². The molecule has 1 aliphatic rings. The molecule has 4 heteroatoms. The average Bonchev–Trinajstić information content (AvgIpc) is 2.83. The summed E-state index contributed by atoms with van der Waals surface area (Å²) in [6, 6.07) is 4.02. The fourth-order valence-corrected chi connectivity index (χ4v) is 3.09. The third kappa shape index (κ3) is 2.09. The molecule has 3 rings (SSSR count). The molecule has 1 aromatic heterocycles. The van der Waals surface area contributed by atoms with Crippen molar-refractivity contribution in [3.05, 3.63) is 17.6 Å². The molecule has 1 heterocycles. The molecule has 1 aliphatic carbocycles. The summed E-state index contributed by atoms with van der Waals surface area (Å²) in [4.78, 5) is 4.29. The van der Waals surface area contributed by atoms with Crippen LogP contribution in [-0.4, -0.2) is 11.1 Å². The molecule has 3 nitrogen and oxygen atoms in total. The topological polar surface area (TPSA) is 48.1 Å². The molecule has 0 amide bonds. The SMILES string of the molecule is Nc1c(OC2CCCCC2)ccc2scnc12. The van der Waals surface area contributed by atoms with Crippen LogP contribution in [0.1, 0.15) is 32.1 Å². The summed E-state index contributed by atoms with van der Waals surface area (Å²) in [5.74, 6) is 0.801. The van der Waals surface area contributed by atoms with E-state index in [4.69, 9.17) is 10.5 Å². The number of anilines is 1. The number of hydrogen-bond acceptors (Lipinski definition) is 4. The molecule has 0 unspecified atom stereocenters. The molecule has 0 saturated heterocycles. The molecule has 90 valence electrons. The predicted octanol–water partition coefficient (Wildman–Crippen LogP) is 3.59. The van der Waals surface area contributed by atoms with Gasteiger partial charge in [0.05, 0.1) is 16.3 Å². The first-order valence-corrected chi connectivity index (χ1v) is 7.01. The predicted molar refractivity (Wildman–Crippen MR) is 71.5 cm³/mol. The summed E-state index contributed by atoms with van der Waals surface area (Å²) in [6.45, 7) is 0. The molecule has 0 atom stereocenters. The number of ether oxygens (including phenoxy) is 1. The Kier molecular flexibility index (Phi) is 2.89. The number of hydrogen-bond donors (Lipinski definition) is 1. The average molecular weight is 248 g/mol. The van der Waals surface area contributed by atoms with E-state index in [-0.39, 0.29) is 0 Å². The van der Waals surface area contributed by atoms with E-state index in [0.29, 0.717) is 11.8 Å². The van der Waals surface area contributed by atoms with E-state index in [0.717, 1.165) is 28.8 Å². The lowest BCUT2D eigenvalue weighted by atomic mass is 9.98. The van der Waals surface area contributed by atoms with Crippen molar-refractivity contribution in [3.8, 4) is 5.75 Å². The van der Waals surface area contributed by atoms with Gasteiger partial charge in [-0.15, -0.1) is 11.3 Å². The molecule has 0 bridgehead atoms. The summed E-state index contributed by atoms with van der Waals surface area (Å²) in [5, 5.41) is 0. The Balaban J connectivity index is 1.86. The second kappa shape index (κ2) is 4.53. The van der Waals surface area contributed by atoms with Crippen LogP contribution in [0, 0.1) is 0 Å². The molecule has 0 radical (unpaired) electrons. The van der Waals surface area contributed by atoms with Crippen LogP contribution >= 0.6 is 11.3 Å². The molecular weight excluding hydrogens is 232 g/mol. The monoisotopic (exact) mass is 248 g/mol. The van der Waals surface area contributed by atoms with E-state index in [1.807, 2.05) is 17.6 Å². The van der Waals surface area contributed by atoms with Crippen molar-refractivity contribution in [2.75, 3.05) is 5.73 Å². The van der Waals surface area contributed by atoms with Gasteiger partial charge in [-0.25, -0.2) is 4.98 Å². The van der Waals surface area contributed by atoms with Gasteiger partial charge < -0.3 is 10.5 Å². The molecule has 0 aliphatic heterocycles. The lowest BCUT2D eigenvalue weighted by molar-refractivity contribution is 0.156. The van der Waals surface area contributed by atoms with Crippen molar-refractivity contribution < 1.29 is 4.74 Å². The standard InChI is InChI=1S/C13H16N2OS/c14-12-10(16-9-4-2-1-3-5-9)6-7-11-13(12)15-8-17-11/h6-9H,1-5,14H2. The second-order valence-electron chi connectivity index (χ2n) is 4.55. The maximum Gasteiger partial charge on any atom is 0.144 e. The van der Waals surface area contributed by atoms with Gasteiger partial charge in [-0.3, -0.25) is 0 Å². The van der Waals surface area contributed by atoms with Crippen molar-refractivity contribution in [1.82, 2.24) is 4.98 Å². The lowest BCUT2D eigenvalue weighted by Crippen LogP contribution is -2.20. The highest BCUT2D eigenvalue weighted by Gasteiger charge is 2.17. The highest BCUT2D eigenvalue weighted by molar-refractivity contribution is 7.16. The van der Waals surface area contributed by atoms with Gasteiger partial charge in [0.1, 0.15) is 17.0 Å². The van der Waals surface area contributed by atoms with Crippen molar-refractivity contribution >= 4 is 27.2 Å². The Bertz CT molecular complexity index is 517. The quantitative estimate of drug-likeness (QED) is 0.826. The van der Waals surface area contributed by atoms with Gasteiger partial charge in [0, 0.05) is 0 Å². The Hall–Kier alpha value is -1.29. The van der Waals surface area contributed by atoms with Gasteiger partial charge in [0.2, 0.25) is 0 Å². The van der Waals surface area contributed by atoms with E-state index in [2.05, 4.69) is 4.98 Å². The number of fused-ring (bicyclic) bond motifs is 1. The van der Waals surface area contributed by atoms with Gasteiger partial charge in [-0.05, 0) is 37.8 Å². The van der Waals surface area contributed by atoms with Gasteiger partial charge in [-0.2, -0.15) is 0 Å². The fraction of sp³-hybridized carbons (Fsp3) is 0.462.